The van der Waals surface area contributed by atoms with E-state index in [4.69, 9.17) is 10.5 Å². The van der Waals surface area contributed by atoms with Gasteiger partial charge in [0.1, 0.15) is 0 Å². The van der Waals surface area contributed by atoms with Crippen LogP contribution in [-0.2, 0) is 15.9 Å². The molecule has 0 spiro atoms. The lowest BCUT2D eigenvalue weighted by molar-refractivity contribution is 0.0600. The SMILES string of the molecule is COCC(C)NC(N)=NCCc1ccc(C(=O)OC)cc1.I. The molecule has 1 atom stereocenters. The number of ether oxygens (including phenoxy) is 2. The van der Waals surface area contributed by atoms with Crippen molar-refractivity contribution in [3.05, 3.63) is 35.4 Å². The fourth-order valence-corrected chi connectivity index (χ4v) is 1.82. The zero-order valence-electron chi connectivity index (χ0n) is 13.2. The number of nitrogens with zero attached hydrogens (tertiary/aromatic N) is 1. The number of aliphatic imine (C=N–C) groups is 1. The molecule has 0 saturated heterocycles. The Hall–Kier alpha value is -1.35. The molecule has 0 aliphatic carbocycles. The molecule has 0 aliphatic heterocycles. The van der Waals surface area contributed by atoms with E-state index in [0.717, 1.165) is 12.0 Å². The molecule has 22 heavy (non-hydrogen) atoms. The predicted molar refractivity (Wildman–Crippen MR) is 97.9 cm³/mol. The van der Waals surface area contributed by atoms with Crippen molar-refractivity contribution in [2.24, 2.45) is 10.7 Å². The van der Waals surface area contributed by atoms with Gasteiger partial charge in [-0.05, 0) is 31.0 Å². The van der Waals surface area contributed by atoms with E-state index in [2.05, 4.69) is 15.0 Å². The molecule has 1 rings (SSSR count). The Balaban J connectivity index is 0.00000441. The molecule has 0 radical (unpaired) electrons. The quantitative estimate of drug-likeness (QED) is 0.302. The van der Waals surface area contributed by atoms with E-state index in [9.17, 15) is 4.79 Å². The van der Waals surface area contributed by atoms with E-state index in [1.165, 1.54) is 7.11 Å². The number of methoxy groups -OCH3 is 2. The third-order valence-corrected chi connectivity index (χ3v) is 2.87. The van der Waals surface area contributed by atoms with Crippen LogP contribution in [0.1, 0.15) is 22.8 Å². The van der Waals surface area contributed by atoms with Crippen LogP contribution < -0.4 is 11.1 Å². The fraction of sp³-hybridized carbons (Fsp3) is 0.467. The average Bonchev–Trinajstić information content (AvgIpc) is 2.47. The summed E-state index contributed by atoms with van der Waals surface area (Å²) < 4.78 is 9.66. The molecule has 0 fully saturated rings. The molecule has 1 aromatic carbocycles. The highest BCUT2D eigenvalue weighted by atomic mass is 127. The number of nitrogens with one attached hydrogen (secondary N) is 1. The molecular weight excluding hydrogens is 397 g/mol. The largest absolute Gasteiger partial charge is 0.465 e. The van der Waals surface area contributed by atoms with E-state index < -0.39 is 0 Å². The summed E-state index contributed by atoms with van der Waals surface area (Å²) in [4.78, 5) is 15.6. The Bertz CT molecular complexity index is 477. The number of carbonyl (C=O) groups is 1. The molecule has 7 heteroatoms. The van der Waals surface area contributed by atoms with Crippen molar-refractivity contribution in [3.8, 4) is 0 Å². The number of benzene rings is 1. The number of hydrogen-bond donors (Lipinski definition) is 2. The number of halogens is 1. The highest BCUT2D eigenvalue weighted by molar-refractivity contribution is 14.0. The zero-order valence-corrected chi connectivity index (χ0v) is 15.5. The Morgan fingerprint density at radius 1 is 1.32 bits per heavy atom. The monoisotopic (exact) mass is 421 g/mol. The summed E-state index contributed by atoms with van der Waals surface area (Å²) >= 11 is 0. The maximum absolute atomic E-state index is 11.3. The molecule has 0 amide bonds. The summed E-state index contributed by atoms with van der Waals surface area (Å²) in [5.41, 5.74) is 7.40. The second-order valence-corrected chi connectivity index (χ2v) is 4.71. The maximum Gasteiger partial charge on any atom is 0.337 e. The average molecular weight is 421 g/mol. The number of rotatable bonds is 7. The lowest BCUT2D eigenvalue weighted by Crippen LogP contribution is -2.40. The van der Waals surface area contributed by atoms with Crippen molar-refractivity contribution >= 4 is 35.9 Å². The first-order valence-electron chi connectivity index (χ1n) is 6.79. The predicted octanol–water partition coefficient (Wildman–Crippen LogP) is 1.57. The molecule has 6 nitrogen and oxygen atoms in total. The van der Waals surface area contributed by atoms with Gasteiger partial charge in [0.15, 0.2) is 5.96 Å². The molecule has 0 bridgehead atoms. The van der Waals surface area contributed by atoms with Gasteiger partial charge in [-0.3, -0.25) is 4.99 Å². The number of carbonyl (C=O) groups excluding carboxylic acids is 1. The van der Waals surface area contributed by atoms with Crippen LogP contribution in [0.3, 0.4) is 0 Å². The van der Waals surface area contributed by atoms with Crippen LogP contribution in [0.2, 0.25) is 0 Å². The van der Waals surface area contributed by atoms with Gasteiger partial charge in [-0.2, -0.15) is 0 Å². The molecule has 1 aromatic rings. The molecule has 0 aliphatic rings. The first-order valence-corrected chi connectivity index (χ1v) is 6.79. The Morgan fingerprint density at radius 3 is 2.50 bits per heavy atom. The van der Waals surface area contributed by atoms with E-state index in [1.54, 1.807) is 19.2 Å². The second kappa shape index (κ2) is 11.2. The van der Waals surface area contributed by atoms with Crippen LogP contribution in [0.5, 0.6) is 0 Å². The van der Waals surface area contributed by atoms with Crippen LogP contribution in [0.15, 0.2) is 29.3 Å². The highest BCUT2D eigenvalue weighted by Gasteiger charge is 2.04. The Morgan fingerprint density at radius 2 is 1.95 bits per heavy atom. The van der Waals surface area contributed by atoms with Crippen molar-refractivity contribution in [1.29, 1.82) is 0 Å². The van der Waals surface area contributed by atoms with Crippen LogP contribution >= 0.6 is 24.0 Å². The van der Waals surface area contributed by atoms with Crippen molar-refractivity contribution in [3.63, 3.8) is 0 Å². The summed E-state index contributed by atoms with van der Waals surface area (Å²) in [5.74, 6) is 0.0749. The smallest absolute Gasteiger partial charge is 0.337 e. The minimum absolute atomic E-state index is 0. The molecule has 3 N–H and O–H groups in total. The third kappa shape index (κ3) is 7.60. The Labute approximate surface area is 148 Å². The van der Waals surface area contributed by atoms with Crippen LogP contribution in [-0.4, -0.2) is 45.3 Å². The number of nitrogens with two attached hydrogens (primary N) is 1. The van der Waals surface area contributed by atoms with E-state index in [-0.39, 0.29) is 36.0 Å². The summed E-state index contributed by atoms with van der Waals surface area (Å²) in [7, 11) is 3.01. The zero-order chi connectivity index (χ0) is 15.7. The molecule has 1 unspecified atom stereocenters. The summed E-state index contributed by atoms with van der Waals surface area (Å²) in [6.45, 7) is 3.12. The van der Waals surface area contributed by atoms with Crippen molar-refractivity contribution in [2.45, 2.75) is 19.4 Å². The van der Waals surface area contributed by atoms with Gasteiger partial charge in [-0.25, -0.2) is 4.79 Å². The normalized spacial score (nSPS) is 12.2. The number of hydrogen-bond acceptors (Lipinski definition) is 4. The minimum Gasteiger partial charge on any atom is -0.465 e. The van der Waals surface area contributed by atoms with Gasteiger partial charge in [-0.15, -0.1) is 24.0 Å². The maximum atomic E-state index is 11.3. The van der Waals surface area contributed by atoms with E-state index in [1.807, 2.05) is 19.1 Å². The number of esters is 1. The molecule has 124 valence electrons. The van der Waals surface area contributed by atoms with Crippen LogP contribution in [0.4, 0.5) is 0 Å². The standard InChI is InChI=1S/C15H23N3O3.HI/c1-11(10-20-2)18-15(16)17-9-8-12-4-6-13(7-5-12)14(19)21-3;/h4-7,11H,8-10H2,1-3H3,(H3,16,17,18);1H. The van der Waals surface area contributed by atoms with Crippen molar-refractivity contribution < 1.29 is 14.3 Å². The summed E-state index contributed by atoms with van der Waals surface area (Å²) in [5, 5.41) is 3.04. The van der Waals surface area contributed by atoms with Gasteiger partial charge >= 0.3 is 5.97 Å². The van der Waals surface area contributed by atoms with Gasteiger partial charge in [-0.1, -0.05) is 12.1 Å². The minimum atomic E-state index is -0.333. The van der Waals surface area contributed by atoms with E-state index in [0.29, 0.717) is 24.7 Å². The van der Waals surface area contributed by atoms with Crippen LogP contribution in [0.25, 0.3) is 0 Å². The second-order valence-electron chi connectivity index (χ2n) is 4.71. The van der Waals surface area contributed by atoms with Crippen molar-refractivity contribution in [1.82, 2.24) is 5.32 Å². The molecule has 0 aromatic heterocycles. The topological polar surface area (TPSA) is 85.9 Å². The van der Waals surface area contributed by atoms with Crippen molar-refractivity contribution in [2.75, 3.05) is 27.4 Å². The lowest BCUT2D eigenvalue weighted by atomic mass is 10.1. The number of guanidine groups is 1. The fourth-order valence-electron chi connectivity index (χ4n) is 1.82. The van der Waals surface area contributed by atoms with E-state index >= 15 is 0 Å². The summed E-state index contributed by atoms with van der Waals surface area (Å²) in [6, 6.07) is 7.39. The van der Waals surface area contributed by atoms with Gasteiger partial charge in [0.2, 0.25) is 0 Å². The van der Waals surface area contributed by atoms with Gasteiger partial charge in [0, 0.05) is 19.7 Å². The lowest BCUT2D eigenvalue weighted by Gasteiger charge is -2.13. The Kier molecular flexibility index (Phi) is 10.6. The molecule has 0 heterocycles. The van der Waals surface area contributed by atoms with Gasteiger partial charge in [0.05, 0.1) is 19.3 Å². The first-order chi connectivity index (χ1) is 10.1. The van der Waals surface area contributed by atoms with Crippen LogP contribution in [0, 0.1) is 0 Å². The van der Waals surface area contributed by atoms with Gasteiger partial charge < -0.3 is 20.5 Å². The third-order valence-electron chi connectivity index (χ3n) is 2.87. The van der Waals surface area contributed by atoms with Gasteiger partial charge in [0.25, 0.3) is 0 Å². The first kappa shape index (κ1) is 20.6. The summed E-state index contributed by atoms with van der Waals surface area (Å²) in [6.07, 6.45) is 0.752. The molecular formula is C15H24IN3O3. The molecule has 0 saturated carbocycles. The highest BCUT2D eigenvalue weighted by Crippen LogP contribution is 2.06.